The standard InChI is InChI=1S/C21H23ClN4OS/c1-14-18(12-20(27)25-10-4-3-5-11-25)15(2)26(24-14)21-23-19(13-28-21)16-6-8-17(22)9-7-16/h6-9,13H,3-5,10-12H2,1-2H3. The number of thiazole rings is 1. The summed E-state index contributed by atoms with van der Waals surface area (Å²) in [6.45, 7) is 5.74. The lowest BCUT2D eigenvalue weighted by Crippen LogP contribution is -2.36. The van der Waals surface area contributed by atoms with Crippen LogP contribution in [-0.4, -0.2) is 38.7 Å². The lowest BCUT2D eigenvalue weighted by molar-refractivity contribution is -0.131. The molecule has 1 aliphatic rings. The van der Waals surface area contributed by atoms with Crippen molar-refractivity contribution in [3.05, 3.63) is 51.6 Å². The molecule has 3 aromatic rings. The number of hydrogen-bond donors (Lipinski definition) is 0. The van der Waals surface area contributed by atoms with Gasteiger partial charge in [-0.3, -0.25) is 4.79 Å². The van der Waals surface area contributed by atoms with Crippen LogP contribution in [-0.2, 0) is 11.2 Å². The van der Waals surface area contributed by atoms with E-state index in [1.54, 1.807) is 11.3 Å². The van der Waals surface area contributed by atoms with Crippen LogP contribution in [0, 0.1) is 13.8 Å². The van der Waals surface area contributed by atoms with Gasteiger partial charge in [0.25, 0.3) is 0 Å². The smallest absolute Gasteiger partial charge is 0.227 e. The van der Waals surface area contributed by atoms with E-state index in [9.17, 15) is 4.79 Å². The third-order valence-electron chi connectivity index (χ3n) is 5.29. The summed E-state index contributed by atoms with van der Waals surface area (Å²) in [5.41, 5.74) is 4.81. The number of benzene rings is 1. The summed E-state index contributed by atoms with van der Waals surface area (Å²) < 4.78 is 1.86. The minimum atomic E-state index is 0.200. The third-order valence-corrected chi connectivity index (χ3v) is 6.36. The molecule has 0 atom stereocenters. The first-order chi connectivity index (χ1) is 13.5. The Bertz CT molecular complexity index is 987. The largest absolute Gasteiger partial charge is 0.342 e. The van der Waals surface area contributed by atoms with Crippen LogP contribution in [0.25, 0.3) is 16.4 Å². The van der Waals surface area contributed by atoms with E-state index in [1.807, 2.05) is 53.1 Å². The van der Waals surface area contributed by atoms with Crippen LogP contribution in [0.15, 0.2) is 29.6 Å². The van der Waals surface area contributed by atoms with Gasteiger partial charge in [-0.2, -0.15) is 5.10 Å². The molecule has 0 bridgehead atoms. The molecule has 0 spiro atoms. The molecule has 0 aliphatic carbocycles. The first-order valence-corrected chi connectivity index (χ1v) is 10.8. The highest BCUT2D eigenvalue weighted by atomic mass is 35.5. The molecule has 0 radical (unpaired) electrons. The van der Waals surface area contributed by atoms with Crippen LogP contribution in [0.1, 0.15) is 36.2 Å². The Balaban J connectivity index is 1.57. The van der Waals surface area contributed by atoms with E-state index >= 15 is 0 Å². The minimum absolute atomic E-state index is 0.200. The number of rotatable bonds is 4. The highest BCUT2D eigenvalue weighted by Crippen LogP contribution is 2.27. The Kier molecular flexibility index (Phi) is 5.51. The van der Waals surface area contributed by atoms with Gasteiger partial charge in [-0.1, -0.05) is 23.7 Å². The molecule has 0 N–H and O–H groups in total. The minimum Gasteiger partial charge on any atom is -0.342 e. The normalized spacial score (nSPS) is 14.5. The second-order valence-corrected chi connectivity index (χ2v) is 8.47. The Morgan fingerprint density at radius 3 is 2.57 bits per heavy atom. The fraction of sp³-hybridized carbons (Fsp3) is 0.381. The summed E-state index contributed by atoms with van der Waals surface area (Å²) >= 11 is 7.52. The van der Waals surface area contributed by atoms with E-state index in [-0.39, 0.29) is 5.91 Å². The van der Waals surface area contributed by atoms with Gasteiger partial charge in [-0.05, 0) is 45.2 Å². The second-order valence-electron chi connectivity index (χ2n) is 7.20. The molecule has 1 aromatic carbocycles. The van der Waals surface area contributed by atoms with Crippen molar-refractivity contribution in [2.45, 2.75) is 39.5 Å². The van der Waals surface area contributed by atoms with E-state index in [1.165, 1.54) is 6.42 Å². The quantitative estimate of drug-likeness (QED) is 0.614. The predicted molar refractivity (Wildman–Crippen MR) is 113 cm³/mol. The van der Waals surface area contributed by atoms with Gasteiger partial charge in [0, 0.05) is 40.3 Å². The van der Waals surface area contributed by atoms with Crippen molar-refractivity contribution in [2.24, 2.45) is 0 Å². The molecule has 0 unspecified atom stereocenters. The van der Waals surface area contributed by atoms with Gasteiger partial charge in [-0.15, -0.1) is 11.3 Å². The van der Waals surface area contributed by atoms with Crippen LogP contribution in [0.5, 0.6) is 0 Å². The van der Waals surface area contributed by atoms with Gasteiger partial charge in [0.2, 0.25) is 11.0 Å². The van der Waals surface area contributed by atoms with Crippen LogP contribution in [0.4, 0.5) is 0 Å². The number of hydrogen-bond acceptors (Lipinski definition) is 4. The number of carbonyl (C=O) groups is 1. The average Bonchev–Trinajstić information content (AvgIpc) is 3.30. The third kappa shape index (κ3) is 3.84. The number of nitrogens with zero attached hydrogens (tertiary/aromatic N) is 4. The van der Waals surface area contributed by atoms with Gasteiger partial charge in [0.05, 0.1) is 17.8 Å². The summed E-state index contributed by atoms with van der Waals surface area (Å²) in [5.74, 6) is 0.200. The van der Waals surface area contributed by atoms with Crippen LogP contribution in [0.3, 0.4) is 0 Å². The van der Waals surface area contributed by atoms with Crippen LogP contribution >= 0.6 is 22.9 Å². The van der Waals surface area contributed by atoms with E-state index < -0.39 is 0 Å². The molecule has 0 saturated carbocycles. The lowest BCUT2D eigenvalue weighted by Gasteiger charge is -2.26. The number of aryl methyl sites for hydroxylation is 1. The maximum Gasteiger partial charge on any atom is 0.227 e. The number of likely N-dealkylation sites (tertiary alicyclic amines) is 1. The zero-order valence-corrected chi connectivity index (χ0v) is 17.7. The van der Waals surface area contributed by atoms with Gasteiger partial charge < -0.3 is 4.90 Å². The highest BCUT2D eigenvalue weighted by molar-refractivity contribution is 7.12. The fourth-order valence-electron chi connectivity index (χ4n) is 3.64. The molecule has 1 amide bonds. The summed E-state index contributed by atoms with van der Waals surface area (Å²) in [4.78, 5) is 19.4. The van der Waals surface area contributed by atoms with E-state index in [4.69, 9.17) is 16.6 Å². The summed E-state index contributed by atoms with van der Waals surface area (Å²) in [7, 11) is 0. The van der Waals surface area contributed by atoms with Crippen molar-refractivity contribution < 1.29 is 4.79 Å². The zero-order chi connectivity index (χ0) is 19.7. The second kappa shape index (κ2) is 8.05. The van der Waals surface area contributed by atoms with Gasteiger partial charge >= 0.3 is 0 Å². The molecule has 5 nitrogen and oxygen atoms in total. The number of halogens is 1. The SMILES string of the molecule is Cc1nn(-c2nc(-c3ccc(Cl)cc3)cs2)c(C)c1CC(=O)N1CCCCC1. The maximum absolute atomic E-state index is 12.7. The van der Waals surface area contributed by atoms with E-state index in [0.29, 0.717) is 11.4 Å². The Morgan fingerprint density at radius 1 is 1.14 bits per heavy atom. The number of aromatic nitrogens is 3. The first-order valence-electron chi connectivity index (χ1n) is 9.57. The molecule has 1 fully saturated rings. The first kappa shape index (κ1) is 19.2. The summed E-state index contributed by atoms with van der Waals surface area (Å²) in [6, 6.07) is 7.66. The molecule has 4 rings (SSSR count). The van der Waals surface area contributed by atoms with Gasteiger partial charge in [-0.25, -0.2) is 9.67 Å². The fourth-order valence-corrected chi connectivity index (χ4v) is 4.60. The summed E-state index contributed by atoms with van der Waals surface area (Å²) in [5, 5.41) is 8.21. The predicted octanol–water partition coefficient (Wildman–Crippen LogP) is 4.82. The van der Waals surface area contributed by atoms with Crippen molar-refractivity contribution >= 4 is 28.8 Å². The molecular formula is C21H23ClN4OS. The number of piperidine rings is 1. The molecule has 28 heavy (non-hydrogen) atoms. The molecular weight excluding hydrogens is 392 g/mol. The molecule has 146 valence electrons. The molecule has 3 heterocycles. The Labute approximate surface area is 174 Å². The van der Waals surface area contributed by atoms with Crippen LogP contribution < -0.4 is 0 Å². The lowest BCUT2D eigenvalue weighted by atomic mass is 10.1. The van der Waals surface area contributed by atoms with Crippen molar-refractivity contribution in [2.75, 3.05) is 13.1 Å². The highest BCUT2D eigenvalue weighted by Gasteiger charge is 2.22. The maximum atomic E-state index is 12.7. The van der Waals surface area contributed by atoms with Crippen LogP contribution in [0.2, 0.25) is 5.02 Å². The van der Waals surface area contributed by atoms with E-state index in [2.05, 4.69) is 5.10 Å². The molecule has 2 aromatic heterocycles. The van der Waals surface area contributed by atoms with Crippen molar-refractivity contribution in [1.82, 2.24) is 19.7 Å². The van der Waals surface area contributed by atoms with E-state index in [0.717, 1.165) is 59.3 Å². The molecule has 1 aliphatic heterocycles. The van der Waals surface area contributed by atoms with Crippen molar-refractivity contribution in [3.8, 4) is 16.4 Å². The Morgan fingerprint density at radius 2 is 1.86 bits per heavy atom. The molecule has 1 saturated heterocycles. The van der Waals surface area contributed by atoms with Gasteiger partial charge in [0.1, 0.15) is 0 Å². The average molecular weight is 415 g/mol. The van der Waals surface area contributed by atoms with Gasteiger partial charge in [0.15, 0.2) is 0 Å². The zero-order valence-electron chi connectivity index (χ0n) is 16.1. The number of carbonyl (C=O) groups excluding carboxylic acids is 1. The van der Waals surface area contributed by atoms with Crippen molar-refractivity contribution in [1.29, 1.82) is 0 Å². The van der Waals surface area contributed by atoms with Crippen molar-refractivity contribution in [3.63, 3.8) is 0 Å². The monoisotopic (exact) mass is 414 g/mol. The molecule has 7 heteroatoms. The summed E-state index contributed by atoms with van der Waals surface area (Å²) in [6.07, 6.45) is 3.85. The number of amides is 1. The Hall–Kier alpha value is -2.18. The topological polar surface area (TPSA) is 51.0 Å².